The van der Waals surface area contributed by atoms with Crippen molar-refractivity contribution in [3.63, 3.8) is 0 Å². The van der Waals surface area contributed by atoms with Crippen molar-refractivity contribution in [2.75, 3.05) is 19.0 Å². The van der Waals surface area contributed by atoms with Crippen LogP contribution in [0.25, 0.3) is 11.3 Å². The number of amides is 2. The molecule has 4 aromatic rings. The van der Waals surface area contributed by atoms with E-state index in [9.17, 15) is 9.59 Å². The molecule has 1 aliphatic heterocycles. The van der Waals surface area contributed by atoms with Crippen molar-refractivity contribution in [3.8, 4) is 17.1 Å². The summed E-state index contributed by atoms with van der Waals surface area (Å²) in [5, 5.41) is 11.8. The van der Waals surface area contributed by atoms with E-state index in [1.165, 1.54) is 18.0 Å². The highest BCUT2D eigenvalue weighted by atomic mass is 35.5. The minimum Gasteiger partial charge on any atom is -0.497 e. The number of anilines is 1. The lowest BCUT2D eigenvalue weighted by Gasteiger charge is -2.15. The Hall–Kier alpha value is -4.34. The maximum absolute atomic E-state index is 13.4. The van der Waals surface area contributed by atoms with Crippen LogP contribution in [0.2, 0.25) is 5.02 Å². The smallest absolute Gasteiger partial charge is 0.242 e. The lowest BCUT2D eigenvalue weighted by atomic mass is 10.1. The summed E-state index contributed by atoms with van der Waals surface area (Å²) in [5.74, 6) is 1.35. The molecule has 1 aliphatic rings. The number of halogens is 1. The average molecular weight is 587 g/mol. The number of hydrogen-bond donors (Lipinski definition) is 1. The summed E-state index contributed by atoms with van der Waals surface area (Å²) in [6, 6.07) is 27.9. The summed E-state index contributed by atoms with van der Waals surface area (Å²) in [6.45, 7) is 0.415. The Labute approximate surface area is 247 Å². The van der Waals surface area contributed by atoms with Gasteiger partial charge in [0.05, 0.1) is 18.3 Å². The molecular formula is C31H27ClN4O4S. The maximum Gasteiger partial charge on any atom is 0.242 e. The molecule has 1 atom stereocenters. The molecule has 1 saturated heterocycles. The molecule has 0 saturated carbocycles. The van der Waals surface area contributed by atoms with E-state index in [2.05, 4.69) is 15.5 Å². The number of thioether (sulfide) groups is 1. The highest BCUT2D eigenvalue weighted by Crippen LogP contribution is 2.31. The monoisotopic (exact) mass is 586 g/mol. The van der Waals surface area contributed by atoms with Crippen LogP contribution in [-0.2, 0) is 16.0 Å². The van der Waals surface area contributed by atoms with Crippen LogP contribution in [0.1, 0.15) is 17.7 Å². The zero-order valence-electron chi connectivity index (χ0n) is 22.2. The van der Waals surface area contributed by atoms with Crippen molar-refractivity contribution < 1.29 is 18.7 Å². The molecule has 208 valence electrons. The van der Waals surface area contributed by atoms with Crippen LogP contribution in [0.15, 0.2) is 106 Å². The van der Waals surface area contributed by atoms with Crippen molar-refractivity contribution in [1.29, 1.82) is 0 Å². The molecule has 1 fully saturated rings. The van der Waals surface area contributed by atoms with Gasteiger partial charge >= 0.3 is 0 Å². The second-order valence-corrected chi connectivity index (χ2v) is 10.7. The molecule has 2 amide bonds. The van der Waals surface area contributed by atoms with Gasteiger partial charge in [-0.15, -0.1) is 5.10 Å². The molecule has 3 aromatic carbocycles. The molecule has 1 unspecified atom stereocenters. The summed E-state index contributed by atoms with van der Waals surface area (Å²) in [7, 11) is 1.58. The van der Waals surface area contributed by atoms with Crippen LogP contribution >= 0.6 is 23.4 Å². The fourth-order valence-electron chi connectivity index (χ4n) is 4.23. The van der Waals surface area contributed by atoms with Crippen molar-refractivity contribution in [1.82, 2.24) is 4.90 Å². The van der Waals surface area contributed by atoms with E-state index < -0.39 is 5.25 Å². The fourth-order valence-corrected chi connectivity index (χ4v) is 5.57. The molecular weight excluding hydrogens is 560 g/mol. The zero-order chi connectivity index (χ0) is 28.6. The van der Waals surface area contributed by atoms with Gasteiger partial charge in [-0.1, -0.05) is 65.8 Å². The van der Waals surface area contributed by atoms with E-state index in [0.717, 1.165) is 11.1 Å². The Bertz CT molecular complexity index is 1570. The van der Waals surface area contributed by atoms with Gasteiger partial charge in [0, 0.05) is 24.2 Å². The van der Waals surface area contributed by atoms with Crippen molar-refractivity contribution in [3.05, 3.63) is 107 Å². The van der Waals surface area contributed by atoms with Crippen LogP contribution < -0.4 is 10.1 Å². The quantitative estimate of drug-likeness (QED) is 0.169. The molecule has 0 bridgehead atoms. The topological polar surface area (TPSA) is 96.5 Å². The number of methoxy groups -OCH3 is 1. The fraction of sp³-hybridized carbons (Fsp3) is 0.161. The average Bonchev–Trinajstić information content (AvgIpc) is 3.57. The van der Waals surface area contributed by atoms with Gasteiger partial charge in [-0.2, -0.15) is 5.10 Å². The van der Waals surface area contributed by atoms with Gasteiger partial charge in [0.15, 0.2) is 5.17 Å². The normalized spacial score (nSPS) is 16.0. The number of hydrogen-bond acceptors (Lipinski definition) is 7. The van der Waals surface area contributed by atoms with Crippen LogP contribution in [0.5, 0.6) is 5.75 Å². The van der Waals surface area contributed by atoms with Gasteiger partial charge in [0.25, 0.3) is 0 Å². The molecule has 0 aliphatic carbocycles. The Morgan fingerprint density at radius 3 is 2.56 bits per heavy atom. The van der Waals surface area contributed by atoms with Crippen LogP contribution in [0, 0.1) is 0 Å². The lowest BCUT2D eigenvalue weighted by Crippen LogP contribution is -2.35. The van der Waals surface area contributed by atoms with Crippen LogP contribution in [-0.4, -0.2) is 47.0 Å². The Balaban J connectivity index is 1.29. The first-order valence-corrected chi connectivity index (χ1v) is 14.2. The number of ether oxygens (including phenoxy) is 1. The van der Waals surface area contributed by atoms with Crippen LogP contribution in [0.3, 0.4) is 0 Å². The summed E-state index contributed by atoms with van der Waals surface area (Å²) in [6.07, 6.45) is 2.12. The maximum atomic E-state index is 13.4. The molecule has 1 aromatic heterocycles. The molecule has 0 radical (unpaired) electrons. The summed E-state index contributed by atoms with van der Waals surface area (Å²) >= 11 is 7.51. The third-order valence-corrected chi connectivity index (χ3v) is 7.82. The van der Waals surface area contributed by atoms with E-state index in [-0.39, 0.29) is 18.2 Å². The number of nitrogens with one attached hydrogen (secondary N) is 1. The van der Waals surface area contributed by atoms with Crippen LogP contribution in [0.4, 0.5) is 5.69 Å². The summed E-state index contributed by atoms with van der Waals surface area (Å²) in [4.78, 5) is 27.8. The van der Waals surface area contributed by atoms with Crippen molar-refractivity contribution in [2.24, 2.45) is 10.2 Å². The molecule has 2 heterocycles. The van der Waals surface area contributed by atoms with Gasteiger partial charge in [-0.25, -0.2) is 0 Å². The number of carbonyl (C=O) groups excluding carboxylic acids is 2. The molecule has 1 N–H and O–H groups in total. The predicted molar refractivity (Wildman–Crippen MR) is 164 cm³/mol. The van der Waals surface area contributed by atoms with E-state index in [4.69, 9.17) is 20.8 Å². The lowest BCUT2D eigenvalue weighted by molar-refractivity contribution is -0.128. The first-order valence-electron chi connectivity index (χ1n) is 12.9. The van der Waals surface area contributed by atoms with Gasteiger partial charge < -0.3 is 14.5 Å². The minimum atomic E-state index is -0.617. The van der Waals surface area contributed by atoms with Crippen molar-refractivity contribution in [2.45, 2.75) is 18.1 Å². The number of rotatable bonds is 10. The van der Waals surface area contributed by atoms with Gasteiger partial charge in [0.2, 0.25) is 11.8 Å². The Kier molecular flexibility index (Phi) is 9.18. The third-order valence-electron chi connectivity index (χ3n) is 6.33. The SMILES string of the molecule is COc1ccc(NC(=O)CC2S/C(=N\N=C\c3ccc(-c4ccccc4Cl)o3)N(CCc3ccccc3)C2=O)cc1. The van der Waals surface area contributed by atoms with Gasteiger partial charge in [0.1, 0.15) is 22.5 Å². The van der Waals surface area contributed by atoms with E-state index in [0.29, 0.717) is 46.1 Å². The number of amidine groups is 1. The van der Waals surface area contributed by atoms with Gasteiger partial charge in [-0.05, 0) is 60.5 Å². The predicted octanol–water partition coefficient (Wildman–Crippen LogP) is 6.51. The highest BCUT2D eigenvalue weighted by molar-refractivity contribution is 8.15. The molecule has 5 rings (SSSR count). The zero-order valence-corrected chi connectivity index (χ0v) is 23.8. The first-order chi connectivity index (χ1) is 20.0. The largest absolute Gasteiger partial charge is 0.497 e. The number of benzene rings is 3. The standard InChI is InChI=1S/C31H27ClN4O4S/c1-39-23-13-11-22(12-14-23)34-29(37)19-28-30(38)36(18-17-21-7-3-2-4-8-21)31(41-28)35-33-20-24-15-16-27(40-24)25-9-5-6-10-26(25)32/h2-16,20,28H,17-19H2,1H3,(H,34,37)/b33-20+,35-31-. The minimum absolute atomic E-state index is 0.000516. The van der Waals surface area contributed by atoms with E-state index >= 15 is 0 Å². The molecule has 10 heteroatoms. The number of carbonyl (C=O) groups is 2. The first kappa shape index (κ1) is 28.2. The number of nitrogens with zero attached hydrogens (tertiary/aromatic N) is 3. The van der Waals surface area contributed by atoms with Gasteiger partial charge in [-0.3, -0.25) is 14.5 Å². The summed E-state index contributed by atoms with van der Waals surface area (Å²) < 4.78 is 11.0. The highest BCUT2D eigenvalue weighted by Gasteiger charge is 2.39. The number of furan rings is 1. The van der Waals surface area contributed by atoms with E-state index in [1.54, 1.807) is 48.4 Å². The third kappa shape index (κ3) is 7.25. The van der Waals surface area contributed by atoms with E-state index in [1.807, 2.05) is 54.6 Å². The molecule has 8 nitrogen and oxygen atoms in total. The Morgan fingerprint density at radius 1 is 1.05 bits per heavy atom. The Morgan fingerprint density at radius 2 is 1.80 bits per heavy atom. The molecule has 0 spiro atoms. The second kappa shape index (κ2) is 13.3. The van der Waals surface area contributed by atoms with Crippen molar-refractivity contribution >= 4 is 52.2 Å². The summed E-state index contributed by atoms with van der Waals surface area (Å²) in [5.41, 5.74) is 2.50. The molecule has 41 heavy (non-hydrogen) atoms. The second-order valence-electron chi connectivity index (χ2n) is 9.12.